The molecule has 2 rings (SSSR count). The molecule has 1 aliphatic heterocycles. The van der Waals surface area contributed by atoms with Crippen molar-refractivity contribution >= 4 is 21.4 Å². The van der Waals surface area contributed by atoms with Gasteiger partial charge in [-0.3, -0.25) is 0 Å². The van der Waals surface area contributed by atoms with Gasteiger partial charge in [0.05, 0.1) is 7.11 Å². The summed E-state index contributed by atoms with van der Waals surface area (Å²) in [4.78, 5) is 0. The second-order valence-corrected chi connectivity index (χ2v) is 7.82. The molecule has 7 heteroatoms. The molecule has 0 unspecified atom stereocenters. The third kappa shape index (κ3) is 2.65. The van der Waals surface area contributed by atoms with Gasteiger partial charge >= 0.3 is 0 Å². The molecule has 0 aliphatic carbocycles. The van der Waals surface area contributed by atoms with Gasteiger partial charge in [-0.1, -0.05) is 6.92 Å². The van der Waals surface area contributed by atoms with E-state index in [4.69, 9.17) is 10.5 Å². The minimum absolute atomic E-state index is 0.120. The normalized spacial score (nSPS) is 25.4. The van der Waals surface area contributed by atoms with Gasteiger partial charge in [0, 0.05) is 19.1 Å². The number of thiophene rings is 1. The summed E-state index contributed by atoms with van der Waals surface area (Å²) in [6, 6.07) is 1.56. The second kappa shape index (κ2) is 5.78. The van der Waals surface area contributed by atoms with Gasteiger partial charge < -0.3 is 10.5 Å². The van der Waals surface area contributed by atoms with Crippen molar-refractivity contribution in [1.29, 1.82) is 0 Å². The highest BCUT2D eigenvalue weighted by molar-refractivity contribution is 7.91. The molecule has 0 aromatic carbocycles. The fourth-order valence-corrected chi connectivity index (χ4v) is 5.75. The molecule has 1 saturated heterocycles. The fraction of sp³-hybridized carbons (Fsp3) is 0.667. The first-order chi connectivity index (χ1) is 9.02. The molecule has 0 amide bonds. The average Bonchev–Trinajstić information content (AvgIpc) is 2.87. The highest BCUT2D eigenvalue weighted by Gasteiger charge is 2.38. The molecule has 108 valence electrons. The largest absolute Gasteiger partial charge is 0.494 e. The topological polar surface area (TPSA) is 72.6 Å². The Morgan fingerprint density at radius 2 is 2.32 bits per heavy atom. The maximum absolute atomic E-state index is 12.7. The summed E-state index contributed by atoms with van der Waals surface area (Å²) in [6.07, 6.45) is 1.90. The predicted octanol–water partition coefficient (Wildman–Crippen LogP) is 1.50. The number of sulfonamides is 1. The molecule has 0 bridgehead atoms. The third-order valence-corrected chi connectivity index (χ3v) is 7.01. The molecule has 5 nitrogen and oxygen atoms in total. The van der Waals surface area contributed by atoms with E-state index in [1.165, 1.54) is 18.4 Å². The zero-order valence-corrected chi connectivity index (χ0v) is 12.8. The van der Waals surface area contributed by atoms with Crippen LogP contribution in [-0.2, 0) is 10.0 Å². The number of hydrogen-bond donors (Lipinski definition) is 1. The monoisotopic (exact) mass is 304 g/mol. The summed E-state index contributed by atoms with van der Waals surface area (Å²) >= 11 is 1.19. The SMILES string of the molecule is COc1ccsc1S(=O)(=O)N1CCC[C@H](C)[C@@H]1CN. The summed E-state index contributed by atoms with van der Waals surface area (Å²) < 4.78 is 32.5. The Kier molecular flexibility index (Phi) is 4.50. The molecule has 0 radical (unpaired) electrons. The summed E-state index contributed by atoms with van der Waals surface area (Å²) in [5.41, 5.74) is 5.77. The number of piperidine rings is 1. The second-order valence-electron chi connectivity index (χ2n) is 4.81. The zero-order chi connectivity index (χ0) is 14.0. The fourth-order valence-electron chi connectivity index (χ4n) is 2.59. The van der Waals surface area contributed by atoms with E-state index in [9.17, 15) is 8.42 Å². The van der Waals surface area contributed by atoms with Crippen LogP contribution in [0.2, 0.25) is 0 Å². The van der Waals surface area contributed by atoms with Crippen molar-refractivity contribution in [2.75, 3.05) is 20.2 Å². The lowest BCUT2D eigenvalue weighted by atomic mass is 9.93. The van der Waals surface area contributed by atoms with Crippen LogP contribution in [0.15, 0.2) is 15.7 Å². The van der Waals surface area contributed by atoms with Crippen molar-refractivity contribution in [3.05, 3.63) is 11.4 Å². The maximum atomic E-state index is 12.7. The quantitative estimate of drug-likeness (QED) is 0.915. The van der Waals surface area contributed by atoms with Crippen molar-refractivity contribution < 1.29 is 13.2 Å². The van der Waals surface area contributed by atoms with Crippen molar-refractivity contribution in [2.24, 2.45) is 11.7 Å². The molecule has 0 saturated carbocycles. The van der Waals surface area contributed by atoms with Crippen molar-refractivity contribution in [3.8, 4) is 5.75 Å². The van der Waals surface area contributed by atoms with Gasteiger partial charge in [-0.05, 0) is 30.2 Å². The van der Waals surface area contributed by atoms with Crippen molar-refractivity contribution in [2.45, 2.75) is 30.0 Å². The first-order valence-corrected chi connectivity index (χ1v) is 8.67. The molecule has 2 heterocycles. The number of rotatable bonds is 4. The van der Waals surface area contributed by atoms with Crippen LogP contribution in [0, 0.1) is 5.92 Å². The predicted molar refractivity (Wildman–Crippen MR) is 76.0 cm³/mol. The third-order valence-electron chi connectivity index (χ3n) is 3.66. The van der Waals surface area contributed by atoms with Gasteiger partial charge in [-0.25, -0.2) is 8.42 Å². The molecule has 2 N–H and O–H groups in total. The molecule has 1 aliphatic rings. The van der Waals surface area contributed by atoms with E-state index >= 15 is 0 Å². The lowest BCUT2D eigenvalue weighted by Crippen LogP contribution is -2.51. The van der Waals surface area contributed by atoms with E-state index in [-0.39, 0.29) is 10.3 Å². The number of nitrogens with two attached hydrogens (primary N) is 1. The molecule has 1 aromatic heterocycles. The van der Waals surface area contributed by atoms with Crippen LogP contribution in [0.25, 0.3) is 0 Å². The molecular weight excluding hydrogens is 284 g/mol. The first kappa shape index (κ1) is 14.8. The highest BCUT2D eigenvalue weighted by atomic mass is 32.2. The number of hydrogen-bond acceptors (Lipinski definition) is 5. The molecule has 19 heavy (non-hydrogen) atoms. The van der Waals surface area contributed by atoms with Crippen LogP contribution in [0.1, 0.15) is 19.8 Å². The molecule has 1 aromatic rings. The first-order valence-electron chi connectivity index (χ1n) is 6.35. The van der Waals surface area contributed by atoms with Crippen LogP contribution >= 0.6 is 11.3 Å². The summed E-state index contributed by atoms with van der Waals surface area (Å²) in [5, 5.41) is 1.73. The van der Waals surface area contributed by atoms with E-state index in [0.717, 1.165) is 12.8 Å². The number of nitrogens with zero attached hydrogens (tertiary/aromatic N) is 1. The van der Waals surface area contributed by atoms with Crippen LogP contribution in [-0.4, -0.2) is 39.0 Å². The van der Waals surface area contributed by atoms with Gasteiger partial charge in [-0.15, -0.1) is 11.3 Å². The zero-order valence-electron chi connectivity index (χ0n) is 11.2. The lowest BCUT2D eigenvalue weighted by molar-refractivity contribution is 0.192. The van der Waals surface area contributed by atoms with E-state index in [2.05, 4.69) is 6.92 Å². The molecule has 0 spiro atoms. The summed E-state index contributed by atoms with van der Waals surface area (Å²) in [6.45, 7) is 2.95. The Morgan fingerprint density at radius 1 is 1.58 bits per heavy atom. The van der Waals surface area contributed by atoms with E-state index in [1.807, 2.05) is 0 Å². The minimum Gasteiger partial charge on any atom is -0.494 e. The van der Waals surface area contributed by atoms with Gasteiger partial charge in [0.1, 0.15) is 5.75 Å². The molecular formula is C12H20N2O3S2. The number of methoxy groups -OCH3 is 1. The maximum Gasteiger partial charge on any atom is 0.256 e. The van der Waals surface area contributed by atoms with Gasteiger partial charge in [0.15, 0.2) is 4.21 Å². The smallest absolute Gasteiger partial charge is 0.256 e. The Bertz CT molecular complexity index is 527. The summed E-state index contributed by atoms with van der Waals surface area (Å²) in [5.74, 6) is 0.707. The van der Waals surface area contributed by atoms with Crippen molar-refractivity contribution in [3.63, 3.8) is 0 Å². The standard InChI is InChI=1S/C12H20N2O3S2/c1-9-4-3-6-14(10(9)8-13)19(15,16)12-11(17-2)5-7-18-12/h5,7,9-10H,3-4,6,8,13H2,1-2H3/t9-,10-/m0/s1. The Balaban J connectivity index is 2.38. The van der Waals surface area contributed by atoms with Crippen LogP contribution in [0.3, 0.4) is 0 Å². The van der Waals surface area contributed by atoms with Gasteiger partial charge in [0.25, 0.3) is 10.0 Å². The van der Waals surface area contributed by atoms with Gasteiger partial charge in [0.2, 0.25) is 0 Å². The van der Waals surface area contributed by atoms with E-state index < -0.39 is 10.0 Å². The van der Waals surface area contributed by atoms with Crippen LogP contribution in [0.5, 0.6) is 5.75 Å². The highest BCUT2D eigenvalue weighted by Crippen LogP contribution is 2.35. The Morgan fingerprint density at radius 3 is 2.95 bits per heavy atom. The van der Waals surface area contributed by atoms with Gasteiger partial charge in [-0.2, -0.15) is 4.31 Å². The molecule has 2 atom stereocenters. The minimum atomic E-state index is -3.51. The van der Waals surface area contributed by atoms with E-state index in [1.54, 1.807) is 15.8 Å². The van der Waals surface area contributed by atoms with Crippen LogP contribution < -0.4 is 10.5 Å². The lowest BCUT2D eigenvalue weighted by Gasteiger charge is -2.38. The number of ether oxygens (including phenoxy) is 1. The Hall–Kier alpha value is -0.630. The Labute approximate surface area is 118 Å². The molecule has 1 fully saturated rings. The van der Waals surface area contributed by atoms with Crippen molar-refractivity contribution in [1.82, 2.24) is 4.31 Å². The average molecular weight is 304 g/mol. The van der Waals surface area contributed by atoms with E-state index in [0.29, 0.717) is 24.8 Å². The summed E-state index contributed by atoms with van der Waals surface area (Å²) in [7, 11) is -2.02. The van der Waals surface area contributed by atoms with Crippen LogP contribution in [0.4, 0.5) is 0 Å².